The van der Waals surface area contributed by atoms with E-state index in [4.69, 9.17) is 9.15 Å². The number of halogens is 1. The van der Waals surface area contributed by atoms with Gasteiger partial charge in [0.1, 0.15) is 6.10 Å². The Bertz CT molecular complexity index is 663. The molecule has 5 heteroatoms. The van der Waals surface area contributed by atoms with Gasteiger partial charge in [0.15, 0.2) is 0 Å². The normalized spacial score (nSPS) is 16.5. The van der Waals surface area contributed by atoms with Crippen molar-refractivity contribution in [2.24, 2.45) is 5.92 Å². The van der Waals surface area contributed by atoms with Crippen LogP contribution in [0, 0.1) is 5.92 Å². The highest BCUT2D eigenvalue weighted by molar-refractivity contribution is 9.08. The molecule has 1 unspecified atom stereocenters. The molecule has 3 rings (SSSR count). The molecule has 1 atom stereocenters. The molecule has 0 spiro atoms. The molecule has 0 aliphatic heterocycles. The van der Waals surface area contributed by atoms with Gasteiger partial charge in [0.2, 0.25) is 0 Å². The van der Waals surface area contributed by atoms with Crippen LogP contribution in [0.4, 0.5) is 0 Å². The molecule has 2 aromatic rings. The predicted octanol–water partition coefficient (Wildman–Crippen LogP) is 3.26. The molecule has 0 saturated heterocycles. The van der Waals surface area contributed by atoms with E-state index in [1.807, 2.05) is 19.1 Å². The molecule has 0 bridgehead atoms. The van der Waals surface area contributed by atoms with E-state index in [0.717, 1.165) is 5.56 Å². The predicted molar refractivity (Wildman–Crippen MR) is 75.7 cm³/mol. The van der Waals surface area contributed by atoms with Gasteiger partial charge in [0, 0.05) is 5.33 Å². The van der Waals surface area contributed by atoms with Crippen molar-refractivity contribution in [3.05, 3.63) is 34.2 Å². The van der Waals surface area contributed by atoms with Gasteiger partial charge in [0.25, 0.3) is 0 Å². The van der Waals surface area contributed by atoms with Crippen molar-refractivity contribution >= 4 is 26.8 Å². The van der Waals surface area contributed by atoms with Gasteiger partial charge >= 0.3 is 11.7 Å². The Kier molecular flexibility index (Phi) is 3.31. The van der Waals surface area contributed by atoms with Crippen molar-refractivity contribution in [2.75, 3.05) is 0 Å². The molecule has 1 saturated carbocycles. The Morgan fingerprint density at radius 1 is 1.53 bits per heavy atom. The number of benzene rings is 1. The fourth-order valence-electron chi connectivity index (χ4n) is 2.15. The van der Waals surface area contributed by atoms with Crippen LogP contribution >= 0.6 is 15.9 Å². The van der Waals surface area contributed by atoms with Crippen molar-refractivity contribution < 1.29 is 9.15 Å². The van der Waals surface area contributed by atoms with E-state index in [0.29, 0.717) is 22.2 Å². The molecule has 1 aromatic heterocycles. The Hall–Kier alpha value is -1.36. The van der Waals surface area contributed by atoms with E-state index in [-0.39, 0.29) is 12.2 Å². The highest BCUT2D eigenvalue weighted by Crippen LogP contribution is 2.34. The summed E-state index contributed by atoms with van der Waals surface area (Å²) < 4.78 is 10.8. The van der Waals surface area contributed by atoms with Gasteiger partial charge in [-0.25, -0.2) is 4.79 Å². The van der Waals surface area contributed by atoms with Gasteiger partial charge in [-0.05, 0) is 37.3 Å². The maximum absolute atomic E-state index is 12.0. The lowest BCUT2D eigenvalue weighted by atomic mass is 10.1. The summed E-state index contributed by atoms with van der Waals surface area (Å²) in [4.78, 5) is 16.3. The third-order valence-corrected chi connectivity index (χ3v) is 4.05. The molecular weight excluding hydrogens is 310 g/mol. The number of rotatable bonds is 4. The number of hydrogen-bond donors (Lipinski definition) is 0. The van der Waals surface area contributed by atoms with Crippen molar-refractivity contribution in [3.63, 3.8) is 0 Å². The zero-order valence-electron chi connectivity index (χ0n) is 10.6. The molecule has 19 heavy (non-hydrogen) atoms. The summed E-state index contributed by atoms with van der Waals surface area (Å²) in [6, 6.07) is 5.55. The minimum Gasteiger partial charge on any atom is -0.447 e. The first kappa shape index (κ1) is 12.7. The second-order valence-corrected chi connectivity index (χ2v) is 5.43. The summed E-state index contributed by atoms with van der Waals surface area (Å²) in [6.45, 7) is 1.98. The van der Waals surface area contributed by atoms with Gasteiger partial charge in [-0.3, -0.25) is 0 Å². The van der Waals surface area contributed by atoms with E-state index < -0.39 is 5.63 Å². The van der Waals surface area contributed by atoms with Crippen molar-refractivity contribution in [3.8, 4) is 6.08 Å². The molecule has 0 N–H and O–H groups in total. The first-order valence-corrected chi connectivity index (χ1v) is 7.46. The summed E-state index contributed by atoms with van der Waals surface area (Å²) in [5.41, 5.74) is 1.10. The monoisotopic (exact) mass is 323 g/mol. The minimum absolute atomic E-state index is 0.0486. The van der Waals surface area contributed by atoms with E-state index >= 15 is 0 Å². The van der Waals surface area contributed by atoms with E-state index in [1.54, 1.807) is 6.07 Å². The molecule has 1 fully saturated rings. The average molecular weight is 324 g/mol. The van der Waals surface area contributed by atoms with Crippen molar-refractivity contribution in [1.82, 2.24) is 4.98 Å². The number of alkyl halides is 1. The zero-order valence-corrected chi connectivity index (χ0v) is 12.1. The maximum Gasteiger partial charge on any atom is 0.397 e. The van der Waals surface area contributed by atoms with Crippen molar-refractivity contribution in [1.29, 1.82) is 0 Å². The van der Waals surface area contributed by atoms with Crippen LogP contribution in [0.5, 0.6) is 6.08 Å². The molecule has 4 nitrogen and oxygen atoms in total. The van der Waals surface area contributed by atoms with E-state index in [9.17, 15) is 4.79 Å². The Labute approximate surface area is 118 Å². The van der Waals surface area contributed by atoms with Crippen LogP contribution in [0.1, 0.15) is 25.3 Å². The second kappa shape index (κ2) is 4.96. The quantitative estimate of drug-likeness (QED) is 0.810. The number of aromatic nitrogens is 1. The summed E-state index contributed by atoms with van der Waals surface area (Å²) in [6.07, 6.45) is 2.47. The third kappa shape index (κ3) is 2.52. The molecule has 1 aromatic carbocycles. The smallest absolute Gasteiger partial charge is 0.397 e. The Morgan fingerprint density at radius 3 is 3.00 bits per heavy atom. The lowest BCUT2D eigenvalue weighted by molar-refractivity contribution is 0.136. The van der Waals surface area contributed by atoms with Crippen LogP contribution in [-0.4, -0.2) is 11.1 Å². The largest absolute Gasteiger partial charge is 0.447 e. The highest BCUT2D eigenvalue weighted by atomic mass is 79.9. The van der Waals surface area contributed by atoms with Crippen LogP contribution in [-0.2, 0) is 5.33 Å². The van der Waals surface area contributed by atoms with E-state index in [2.05, 4.69) is 20.9 Å². The lowest BCUT2D eigenvalue weighted by Crippen LogP contribution is -2.16. The number of fused-ring (bicyclic) bond motifs is 1. The number of ether oxygens (including phenoxy) is 1. The summed E-state index contributed by atoms with van der Waals surface area (Å²) in [7, 11) is 0. The number of nitrogens with zero attached hydrogens (tertiary/aromatic N) is 1. The average Bonchev–Trinajstić information content (AvgIpc) is 3.22. The van der Waals surface area contributed by atoms with Gasteiger partial charge in [-0.1, -0.05) is 28.1 Å². The van der Waals surface area contributed by atoms with Crippen LogP contribution in [0.2, 0.25) is 0 Å². The first-order valence-electron chi connectivity index (χ1n) is 6.34. The fourth-order valence-corrected chi connectivity index (χ4v) is 2.62. The van der Waals surface area contributed by atoms with E-state index in [1.165, 1.54) is 12.8 Å². The van der Waals surface area contributed by atoms with Gasteiger partial charge in [-0.15, -0.1) is 0 Å². The highest BCUT2D eigenvalue weighted by Gasteiger charge is 2.30. The third-order valence-electron chi connectivity index (χ3n) is 3.44. The SMILES string of the molecule is CC(Oc1nc2cccc(CBr)c2c(=O)o1)C1CC1. The molecule has 1 aliphatic carbocycles. The molecule has 0 amide bonds. The molecule has 1 heterocycles. The van der Waals surface area contributed by atoms with Gasteiger partial charge < -0.3 is 9.15 Å². The molecular formula is C14H14BrNO3. The minimum atomic E-state index is -0.391. The van der Waals surface area contributed by atoms with Crippen LogP contribution in [0.15, 0.2) is 27.4 Å². The second-order valence-electron chi connectivity index (χ2n) is 4.87. The molecule has 100 valence electrons. The Balaban J connectivity index is 2.02. The molecule has 0 radical (unpaired) electrons. The van der Waals surface area contributed by atoms with Crippen molar-refractivity contribution in [2.45, 2.75) is 31.2 Å². The van der Waals surface area contributed by atoms with Gasteiger partial charge in [-0.2, -0.15) is 4.98 Å². The molecule has 1 aliphatic rings. The summed E-state index contributed by atoms with van der Waals surface area (Å²) in [5, 5.41) is 1.11. The summed E-state index contributed by atoms with van der Waals surface area (Å²) >= 11 is 3.36. The standard InChI is InChI=1S/C14H14BrNO3/c1-8(9-5-6-9)18-14-16-11-4-2-3-10(7-15)12(11)13(17)19-14/h2-4,8-9H,5-7H2,1H3. The van der Waals surface area contributed by atoms with Crippen LogP contribution < -0.4 is 10.4 Å². The first-order chi connectivity index (χ1) is 9.19. The fraction of sp³-hybridized carbons (Fsp3) is 0.429. The van der Waals surface area contributed by atoms with Crippen LogP contribution in [0.3, 0.4) is 0 Å². The summed E-state index contributed by atoms with van der Waals surface area (Å²) in [5.74, 6) is 0.566. The zero-order chi connectivity index (χ0) is 13.4. The van der Waals surface area contributed by atoms with Crippen LogP contribution in [0.25, 0.3) is 10.9 Å². The topological polar surface area (TPSA) is 52.3 Å². The van der Waals surface area contributed by atoms with Gasteiger partial charge in [0.05, 0.1) is 10.9 Å². The Morgan fingerprint density at radius 2 is 2.32 bits per heavy atom. The number of hydrogen-bond acceptors (Lipinski definition) is 4. The lowest BCUT2D eigenvalue weighted by Gasteiger charge is -2.11. The maximum atomic E-state index is 12.0.